The van der Waals surface area contributed by atoms with Crippen LogP contribution in [0.25, 0.3) is 16.9 Å². The molecule has 1 amide bonds. The number of nitrogens with zero attached hydrogens (tertiary/aromatic N) is 6. The summed E-state index contributed by atoms with van der Waals surface area (Å²) in [6.45, 7) is 4.84. The monoisotopic (exact) mass is 572 g/mol. The van der Waals surface area contributed by atoms with Gasteiger partial charge in [-0.1, -0.05) is 12.1 Å². The molecule has 3 aliphatic heterocycles. The van der Waals surface area contributed by atoms with Gasteiger partial charge in [-0.15, -0.1) is 0 Å². The number of imidazole rings is 1. The Morgan fingerprint density at radius 1 is 1.05 bits per heavy atom. The summed E-state index contributed by atoms with van der Waals surface area (Å²) in [4.78, 5) is 29.6. The minimum Gasteiger partial charge on any atom is -0.477 e. The number of alkyl halides is 2. The molecule has 0 aliphatic carbocycles. The Hall–Kier alpha value is -3.42. The molecule has 0 spiro atoms. The fraction of sp³-hybridized carbons (Fsp3) is 0.571. The highest BCUT2D eigenvalue weighted by Crippen LogP contribution is 2.30. The van der Waals surface area contributed by atoms with Gasteiger partial charge in [0.2, 0.25) is 17.7 Å². The van der Waals surface area contributed by atoms with Gasteiger partial charge in [-0.2, -0.15) is 9.97 Å². The maximum atomic E-state index is 14.1. The summed E-state index contributed by atoms with van der Waals surface area (Å²) in [5, 5.41) is 0. The van der Waals surface area contributed by atoms with Gasteiger partial charge >= 0.3 is 0 Å². The average Bonchev–Trinajstić information content (AvgIpc) is 3.37. The number of rotatable bonds is 10. The van der Waals surface area contributed by atoms with E-state index < -0.39 is 12.2 Å². The number of para-hydroxylation sites is 2. The highest BCUT2D eigenvalue weighted by Gasteiger charge is 2.32. The van der Waals surface area contributed by atoms with Gasteiger partial charge < -0.3 is 28.7 Å². The van der Waals surface area contributed by atoms with Crippen molar-refractivity contribution in [2.45, 2.75) is 31.8 Å². The van der Waals surface area contributed by atoms with Crippen molar-refractivity contribution >= 4 is 22.9 Å². The molecular formula is C28H34F2N6O5. The summed E-state index contributed by atoms with van der Waals surface area (Å²) in [6.07, 6.45) is 0.450. The molecule has 3 saturated heterocycles. The molecule has 3 fully saturated rings. The number of anilines is 1. The largest absolute Gasteiger partial charge is 0.477 e. The van der Waals surface area contributed by atoms with Crippen LogP contribution in [0.1, 0.15) is 31.5 Å². The third-order valence-electron chi connectivity index (χ3n) is 7.56. The van der Waals surface area contributed by atoms with Crippen molar-refractivity contribution in [3.8, 4) is 11.7 Å². The first-order valence-corrected chi connectivity index (χ1v) is 14.1. The number of fused-ring (bicyclic) bond motifs is 1. The van der Waals surface area contributed by atoms with E-state index in [1.807, 2.05) is 4.90 Å². The zero-order chi connectivity index (χ0) is 28.2. The Balaban J connectivity index is 1.12. The van der Waals surface area contributed by atoms with Crippen molar-refractivity contribution in [3.63, 3.8) is 0 Å². The van der Waals surface area contributed by atoms with Crippen LogP contribution in [0, 0.1) is 5.92 Å². The molecule has 3 aromatic rings. The molecule has 1 atom stereocenters. The summed E-state index contributed by atoms with van der Waals surface area (Å²) in [7, 11) is 0. The number of hydrogen-bond donors (Lipinski definition) is 0. The number of amides is 1. The van der Waals surface area contributed by atoms with Crippen molar-refractivity contribution in [2.75, 3.05) is 70.7 Å². The lowest BCUT2D eigenvalue weighted by Gasteiger charge is -2.39. The van der Waals surface area contributed by atoms with Gasteiger partial charge in [-0.05, 0) is 31.4 Å². The molecular weight excluding hydrogens is 538 g/mol. The number of carbonyl (C=O) groups excluding carboxylic acids is 1. The van der Waals surface area contributed by atoms with Gasteiger partial charge in [0, 0.05) is 44.8 Å². The van der Waals surface area contributed by atoms with E-state index in [2.05, 4.69) is 15.0 Å². The molecule has 5 heterocycles. The van der Waals surface area contributed by atoms with Crippen molar-refractivity contribution in [2.24, 2.45) is 5.92 Å². The second-order valence-electron chi connectivity index (χ2n) is 10.5. The van der Waals surface area contributed by atoms with E-state index in [0.29, 0.717) is 69.6 Å². The lowest BCUT2D eigenvalue weighted by atomic mass is 10.0. The van der Waals surface area contributed by atoms with Crippen LogP contribution in [-0.2, 0) is 19.0 Å². The zero-order valence-electron chi connectivity index (χ0n) is 22.8. The first-order chi connectivity index (χ1) is 20.0. The molecule has 1 aromatic carbocycles. The van der Waals surface area contributed by atoms with Gasteiger partial charge in [0.25, 0.3) is 6.43 Å². The second kappa shape index (κ2) is 12.6. The molecule has 41 heavy (non-hydrogen) atoms. The van der Waals surface area contributed by atoms with Gasteiger partial charge in [0.05, 0.1) is 43.6 Å². The van der Waals surface area contributed by atoms with Crippen LogP contribution in [0.5, 0.6) is 5.88 Å². The van der Waals surface area contributed by atoms with Crippen LogP contribution in [0.3, 0.4) is 0 Å². The molecule has 0 bridgehead atoms. The van der Waals surface area contributed by atoms with E-state index in [1.54, 1.807) is 35.2 Å². The fourth-order valence-corrected chi connectivity index (χ4v) is 5.32. The maximum Gasteiger partial charge on any atom is 0.296 e. The standard InChI is InChI=1S/C28H34F2N6O5/c29-26(30)27-31-21-6-1-2-7-22(21)36(27)23-13-24(33-28(32-23)34-8-11-38-12-9-34)41-16-19-14-35(15-19)25(37)18-39-17-20-5-3-4-10-40-20/h1-2,6-7,13,19-20,26H,3-5,8-12,14-18H2. The third-order valence-corrected chi connectivity index (χ3v) is 7.56. The molecule has 3 aliphatic rings. The van der Waals surface area contributed by atoms with Crippen molar-refractivity contribution in [1.82, 2.24) is 24.4 Å². The smallest absolute Gasteiger partial charge is 0.296 e. The molecule has 6 rings (SSSR count). The fourth-order valence-electron chi connectivity index (χ4n) is 5.32. The normalized spacial score (nSPS) is 20.0. The minimum atomic E-state index is -2.80. The summed E-state index contributed by atoms with van der Waals surface area (Å²) in [6, 6.07) is 8.52. The lowest BCUT2D eigenvalue weighted by molar-refractivity contribution is -0.145. The van der Waals surface area contributed by atoms with Gasteiger partial charge in [-0.25, -0.2) is 13.8 Å². The Kier molecular flexibility index (Phi) is 8.54. The van der Waals surface area contributed by atoms with Gasteiger partial charge in [0.15, 0.2) is 5.82 Å². The first kappa shape index (κ1) is 27.7. The Morgan fingerprint density at radius 3 is 2.66 bits per heavy atom. The lowest BCUT2D eigenvalue weighted by Crippen LogP contribution is -2.53. The Bertz CT molecular complexity index is 1340. The van der Waals surface area contributed by atoms with Crippen molar-refractivity contribution in [1.29, 1.82) is 0 Å². The molecule has 2 aromatic heterocycles. The predicted octanol–water partition coefficient (Wildman–Crippen LogP) is 3.01. The van der Waals surface area contributed by atoms with Crippen LogP contribution in [0.2, 0.25) is 0 Å². The molecule has 1 unspecified atom stereocenters. The Morgan fingerprint density at radius 2 is 1.88 bits per heavy atom. The summed E-state index contributed by atoms with van der Waals surface area (Å²) in [5.41, 5.74) is 0.970. The van der Waals surface area contributed by atoms with Crippen LogP contribution in [0.4, 0.5) is 14.7 Å². The molecule has 0 radical (unpaired) electrons. The van der Waals surface area contributed by atoms with Gasteiger partial charge in [-0.3, -0.25) is 9.36 Å². The topological polar surface area (TPSA) is 104 Å². The minimum absolute atomic E-state index is 0.0386. The number of benzene rings is 1. The predicted molar refractivity (Wildman–Crippen MR) is 145 cm³/mol. The van der Waals surface area contributed by atoms with E-state index in [4.69, 9.17) is 18.9 Å². The van der Waals surface area contributed by atoms with Crippen molar-refractivity contribution < 1.29 is 32.5 Å². The number of carbonyl (C=O) groups is 1. The van der Waals surface area contributed by atoms with E-state index >= 15 is 0 Å². The van der Waals surface area contributed by atoms with Crippen LogP contribution in [-0.4, -0.2) is 102 Å². The third kappa shape index (κ3) is 6.41. The SMILES string of the molecule is O=C(COCC1CCCCO1)N1CC(COc2cc(-n3c(C(F)F)nc4ccccc43)nc(N3CCOCC3)n2)C1. The molecule has 13 heteroatoms. The number of morpholine rings is 1. The van der Waals surface area contributed by atoms with E-state index in [-0.39, 0.29) is 36.2 Å². The highest BCUT2D eigenvalue weighted by atomic mass is 19.3. The molecule has 0 N–H and O–H groups in total. The van der Waals surface area contributed by atoms with Crippen LogP contribution in [0.15, 0.2) is 30.3 Å². The summed E-state index contributed by atoms with van der Waals surface area (Å²) >= 11 is 0. The van der Waals surface area contributed by atoms with Crippen LogP contribution < -0.4 is 9.64 Å². The summed E-state index contributed by atoms with van der Waals surface area (Å²) in [5.74, 6) is 0.580. The average molecular weight is 573 g/mol. The van der Waals surface area contributed by atoms with E-state index in [9.17, 15) is 13.6 Å². The molecule has 11 nitrogen and oxygen atoms in total. The maximum absolute atomic E-state index is 14.1. The zero-order valence-corrected chi connectivity index (χ0v) is 22.8. The number of ether oxygens (including phenoxy) is 4. The Labute approximate surface area is 236 Å². The van der Waals surface area contributed by atoms with Crippen LogP contribution >= 0.6 is 0 Å². The highest BCUT2D eigenvalue weighted by molar-refractivity contribution is 5.78. The molecule has 220 valence electrons. The van der Waals surface area contributed by atoms with Gasteiger partial charge in [0.1, 0.15) is 12.4 Å². The van der Waals surface area contributed by atoms with E-state index in [1.165, 1.54) is 4.57 Å². The first-order valence-electron chi connectivity index (χ1n) is 14.1. The quantitative estimate of drug-likeness (QED) is 0.363. The second-order valence-corrected chi connectivity index (χ2v) is 10.5. The van der Waals surface area contributed by atoms with Crippen molar-refractivity contribution in [3.05, 3.63) is 36.2 Å². The summed E-state index contributed by atoms with van der Waals surface area (Å²) < 4.78 is 52.2. The number of halogens is 2. The van der Waals surface area contributed by atoms with E-state index in [0.717, 1.165) is 25.9 Å². The molecule has 0 saturated carbocycles. The number of aromatic nitrogens is 4. The number of hydrogen-bond acceptors (Lipinski definition) is 9. The number of likely N-dealkylation sites (tertiary alicyclic amines) is 1.